The minimum atomic E-state index is -0.384. The third kappa shape index (κ3) is 2.71. The van der Waals surface area contributed by atoms with Crippen molar-refractivity contribution in [3.05, 3.63) is 29.8 Å². The van der Waals surface area contributed by atoms with Crippen molar-refractivity contribution in [1.82, 2.24) is 0 Å². The summed E-state index contributed by atoms with van der Waals surface area (Å²) >= 11 is 0. The van der Waals surface area contributed by atoms with Crippen LogP contribution in [0, 0.1) is 11.3 Å². The van der Waals surface area contributed by atoms with Gasteiger partial charge in [0.15, 0.2) is 0 Å². The quantitative estimate of drug-likeness (QED) is 0.816. The van der Waals surface area contributed by atoms with Gasteiger partial charge in [0.2, 0.25) is 0 Å². The highest BCUT2D eigenvalue weighted by molar-refractivity contribution is 5.49. The number of hydrogen-bond acceptors (Lipinski definition) is 3. The Labute approximate surface area is 90.6 Å². The molecular weight excluding hydrogens is 188 g/mol. The van der Waals surface area contributed by atoms with Crippen LogP contribution in [0.5, 0.6) is 0 Å². The van der Waals surface area contributed by atoms with Gasteiger partial charge in [0.1, 0.15) is 0 Å². The van der Waals surface area contributed by atoms with Crippen LogP contribution in [0.1, 0.15) is 19.4 Å². The fraction of sp³-hybridized carbons (Fsp3) is 0.417. The van der Waals surface area contributed by atoms with Gasteiger partial charge in [0, 0.05) is 12.7 Å². The predicted molar refractivity (Wildman–Crippen MR) is 60.7 cm³/mol. The van der Waals surface area contributed by atoms with Crippen molar-refractivity contribution in [2.75, 3.05) is 11.9 Å². The Kier molecular flexibility index (Phi) is 3.70. The number of aliphatic hydroxyl groups is 1. The predicted octanol–water partition coefficient (Wildman–Crippen LogP) is 1.76. The van der Waals surface area contributed by atoms with Crippen molar-refractivity contribution in [2.45, 2.75) is 26.0 Å². The Balaban J connectivity index is 2.83. The van der Waals surface area contributed by atoms with E-state index in [1.54, 1.807) is 19.1 Å². The van der Waals surface area contributed by atoms with Crippen LogP contribution in [-0.2, 0) is 0 Å². The molecule has 3 heteroatoms. The zero-order valence-corrected chi connectivity index (χ0v) is 9.31. The van der Waals surface area contributed by atoms with Crippen LogP contribution in [0.15, 0.2) is 24.3 Å². The van der Waals surface area contributed by atoms with Crippen molar-refractivity contribution in [3.8, 4) is 6.07 Å². The third-order valence-electron chi connectivity index (χ3n) is 2.71. The Hall–Kier alpha value is -1.53. The lowest BCUT2D eigenvalue weighted by Gasteiger charge is -2.29. The van der Waals surface area contributed by atoms with Crippen LogP contribution in [0.2, 0.25) is 0 Å². The zero-order chi connectivity index (χ0) is 11.4. The fourth-order valence-corrected chi connectivity index (χ4v) is 1.33. The molecule has 0 radical (unpaired) electrons. The molecule has 1 aromatic rings. The molecule has 2 atom stereocenters. The fourth-order valence-electron chi connectivity index (χ4n) is 1.33. The van der Waals surface area contributed by atoms with Crippen LogP contribution >= 0.6 is 0 Å². The van der Waals surface area contributed by atoms with Crippen molar-refractivity contribution in [3.63, 3.8) is 0 Å². The number of anilines is 1. The molecule has 0 bridgehead atoms. The molecule has 3 nitrogen and oxygen atoms in total. The molecule has 0 fully saturated rings. The lowest BCUT2D eigenvalue weighted by molar-refractivity contribution is 0.168. The summed E-state index contributed by atoms with van der Waals surface area (Å²) in [6, 6.07) is 9.46. The second kappa shape index (κ2) is 4.81. The summed E-state index contributed by atoms with van der Waals surface area (Å²) in [6.07, 6.45) is -0.384. The molecule has 0 aliphatic heterocycles. The number of rotatable bonds is 3. The average molecular weight is 204 g/mol. The monoisotopic (exact) mass is 204 g/mol. The molecule has 0 aliphatic carbocycles. The van der Waals surface area contributed by atoms with Crippen LogP contribution in [0.3, 0.4) is 0 Å². The Morgan fingerprint density at radius 3 is 2.20 bits per heavy atom. The molecule has 0 saturated heterocycles. The van der Waals surface area contributed by atoms with E-state index in [0.29, 0.717) is 5.56 Å². The lowest BCUT2D eigenvalue weighted by atomic mass is 10.1. The van der Waals surface area contributed by atoms with E-state index in [4.69, 9.17) is 5.26 Å². The first-order chi connectivity index (χ1) is 7.06. The topological polar surface area (TPSA) is 47.3 Å². The van der Waals surface area contributed by atoms with E-state index in [-0.39, 0.29) is 12.1 Å². The van der Waals surface area contributed by atoms with Gasteiger partial charge in [-0.2, -0.15) is 5.26 Å². The summed E-state index contributed by atoms with van der Waals surface area (Å²) in [5, 5.41) is 18.1. The second-order valence-electron chi connectivity index (χ2n) is 3.75. The third-order valence-corrected chi connectivity index (χ3v) is 2.71. The van der Waals surface area contributed by atoms with Gasteiger partial charge in [0.25, 0.3) is 0 Å². The normalized spacial score (nSPS) is 14.1. The molecule has 0 aromatic heterocycles. The largest absolute Gasteiger partial charge is 0.391 e. The van der Waals surface area contributed by atoms with E-state index in [0.717, 1.165) is 5.69 Å². The summed E-state index contributed by atoms with van der Waals surface area (Å²) < 4.78 is 0. The lowest BCUT2D eigenvalue weighted by Crippen LogP contribution is -2.37. The van der Waals surface area contributed by atoms with Crippen molar-refractivity contribution >= 4 is 5.69 Å². The molecule has 1 N–H and O–H groups in total. The van der Waals surface area contributed by atoms with Gasteiger partial charge in [-0.05, 0) is 38.1 Å². The maximum atomic E-state index is 9.46. The number of likely N-dealkylation sites (N-methyl/N-ethyl adjacent to an activating group) is 1. The molecule has 1 rings (SSSR count). The van der Waals surface area contributed by atoms with Gasteiger partial charge in [-0.25, -0.2) is 0 Å². The highest BCUT2D eigenvalue weighted by atomic mass is 16.3. The van der Waals surface area contributed by atoms with E-state index >= 15 is 0 Å². The number of hydrogen-bond donors (Lipinski definition) is 1. The molecule has 0 heterocycles. The van der Waals surface area contributed by atoms with Crippen molar-refractivity contribution in [2.24, 2.45) is 0 Å². The van der Waals surface area contributed by atoms with Gasteiger partial charge in [-0.3, -0.25) is 0 Å². The summed E-state index contributed by atoms with van der Waals surface area (Å²) in [7, 11) is 1.93. The Morgan fingerprint density at radius 1 is 1.27 bits per heavy atom. The number of aliphatic hydroxyl groups excluding tert-OH is 1. The van der Waals surface area contributed by atoms with Crippen LogP contribution in [0.4, 0.5) is 5.69 Å². The summed E-state index contributed by atoms with van der Waals surface area (Å²) in [6.45, 7) is 3.73. The zero-order valence-electron chi connectivity index (χ0n) is 9.31. The first kappa shape index (κ1) is 11.5. The molecule has 0 saturated carbocycles. The molecule has 15 heavy (non-hydrogen) atoms. The Bertz CT molecular complexity index is 351. The molecule has 2 unspecified atom stereocenters. The van der Waals surface area contributed by atoms with Gasteiger partial charge in [-0.1, -0.05) is 0 Å². The van der Waals surface area contributed by atoms with Gasteiger partial charge >= 0.3 is 0 Å². The highest BCUT2D eigenvalue weighted by Gasteiger charge is 2.14. The Morgan fingerprint density at radius 2 is 1.80 bits per heavy atom. The van der Waals surface area contributed by atoms with E-state index in [1.807, 2.05) is 31.0 Å². The molecular formula is C12H16N2O. The van der Waals surface area contributed by atoms with E-state index in [1.165, 1.54) is 0 Å². The molecule has 0 spiro atoms. The van der Waals surface area contributed by atoms with Crippen LogP contribution < -0.4 is 4.90 Å². The van der Waals surface area contributed by atoms with E-state index < -0.39 is 0 Å². The molecule has 1 aromatic carbocycles. The standard InChI is InChI=1S/C12H16N2O/c1-9(10(2)15)14(3)12-6-4-11(8-13)5-7-12/h4-7,9-10,15H,1-3H3. The number of benzene rings is 1. The van der Waals surface area contributed by atoms with Crippen molar-refractivity contribution < 1.29 is 5.11 Å². The highest BCUT2D eigenvalue weighted by Crippen LogP contribution is 2.17. The van der Waals surface area contributed by atoms with E-state index in [9.17, 15) is 5.11 Å². The number of nitrogens with zero attached hydrogens (tertiary/aromatic N) is 2. The minimum Gasteiger partial charge on any atom is -0.391 e. The first-order valence-corrected chi connectivity index (χ1v) is 4.97. The average Bonchev–Trinajstić information content (AvgIpc) is 2.27. The molecule has 0 amide bonds. The van der Waals surface area contributed by atoms with Crippen LogP contribution in [0.25, 0.3) is 0 Å². The van der Waals surface area contributed by atoms with Gasteiger partial charge < -0.3 is 10.0 Å². The summed E-state index contributed by atoms with van der Waals surface area (Å²) in [5.74, 6) is 0. The first-order valence-electron chi connectivity index (χ1n) is 4.97. The van der Waals surface area contributed by atoms with Gasteiger partial charge in [0.05, 0.1) is 23.8 Å². The molecule has 80 valence electrons. The summed E-state index contributed by atoms with van der Waals surface area (Å²) in [5.41, 5.74) is 1.65. The molecule has 0 aliphatic rings. The SMILES string of the molecule is CC(O)C(C)N(C)c1ccc(C#N)cc1. The number of nitriles is 1. The van der Waals surface area contributed by atoms with Crippen LogP contribution in [-0.4, -0.2) is 24.3 Å². The van der Waals surface area contributed by atoms with Crippen molar-refractivity contribution in [1.29, 1.82) is 5.26 Å². The smallest absolute Gasteiger partial charge is 0.0991 e. The minimum absolute atomic E-state index is 0.0536. The summed E-state index contributed by atoms with van der Waals surface area (Å²) in [4.78, 5) is 1.99. The van der Waals surface area contributed by atoms with Gasteiger partial charge in [-0.15, -0.1) is 0 Å². The maximum absolute atomic E-state index is 9.46. The second-order valence-corrected chi connectivity index (χ2v) is 3.75. The maximum Gasteiger partial charge on any atom is 0.0991 e. The van der Waals surface area contributed by atoms with E-state index in [2.05, 4.69) is 6.07 Å².